The molecule has 1 aromatic rings. The van der Waals surface area contributed by atoms with E-state index in [9.17, 15) is 9.59 Å². The number of likely N-dealkylation sites (N-methyl/N-ethyl adjacent to an activating group) is 1. The number of para-hydroxylation sites is 1. The van der Waals surface area contributed by atoms with Crippen molar-refractivity contribution in [3.05, 3.63) is 30.3 Å². The van der Waals surface area contributed by atoms with Gasteiger partial charge in [-0.15, -0.1) is 0 Å². The van der Waals surface area contributed by atoms with E-state index in [0.29, 0.717) is 19.7 Å². The highest BCUT2D eigenvalue weighted by atomic mass is 16.5. The zero-order valence-corrected chi connectivity index (χ0v) is 14.9. The number of ether oxygens (including phenoxy) is 1. The largest absolute Gasteiger partial charge is 0.466 e. The first-order chi connectivity index (χ1) is 11.6. The molecule has 0 bridgehead atoms. The standard InChI is InChI=1S/C19H28N2O3/c1-4-21(17-11-7-6-8-12-17)18(22)15(3)20-13-9-10-16(14-20)19(23)24-5-2/h6-8,11-12,15-16H,4-5,9-10,13-14H2,1-3H3. The summed E-state index contributed by atoms with van der Waals surface area (Å²) >= 11 is 0. The molecule has 2 unspecified atom stereocenters. The van der Waals surface area contributed by atoms with Crippen LogP contribution in [0.25, 0.3) is 0 Å². The van der Waals surface area contributed by atoms with Crippen molar-refractivity contribution in [3.8, 4) is 0 Å². The fourth-order valence-electron chi connectivity index (χ4n) is 3.27. The highest BCUT2D eigenvalue weighted by Crippen LogP contribution is 2.22. The van der Waals surface area contributed by atoms with Gasteiger partial charge in [0.05, 0.1) is 18.6 Å². The first-order valence-corrected chi connectivity index (χ1v) is 8.85. The van der Waals surface area contributed by atoms with Crippen LogP contribution in [0.3, 0.4) is 0 Å². The van der Waals surface area contributed by atoms with Gasteiger partial charge >= 0.3 is 5.97 Å². The summed E-state index contributed by atoms with van der Waals surface area (Å²) in [5.74, 6) is -0.189. The monoisotopic (exact) mass is 332 g/mol. The zero-order valence-electron chi connectivity index (χ0n) is 14.9. The van der Waals surface area contributed by atoms with Gasteiger partial charge in [-0.2, -0.15) is 0 Å². The van der Waals surface area contributed by atoms with Gasteiger partial charge in [-0.05, 0) is 52.3 Å². The maximum absolute atomic E-state index is 12.9. The van der Waals surface area contributed by atoms with Gasteiger partial charge in [-0.3, -0.25) is 14.5 Å². The van der Waals surface area contributed by atoms with Crippen LogP contribution in [0.1, 0.15) is 33.6 Å². The van der Waals surface area contributed by atoms with Crippen molar-refractivity contribution in [1.29, 1.82) is 0 Å². The summed E-state index contributed by atoms with van der Waals surface area (Å²) in [6, 6.07) is 9.47. The van der Waals surface area contributed by atoms with Crippen LogP contribution >= 0.6 is 0 Å². The predicted molar refractivity (Wildman–Crippen MR) is 94.9 cm³/mol. The van der Waals surface area contributed by atoms with Crippen LogP contribution in [-0.4, -0.2) is 49.1 Å². The van der Waals surface area contributed by atoms with Crippen molar-refractivity contribution in [1.82, 2.24) is 4.90 Å². The summed E-state index contributed by atoms with van der Waals surface area (Å²) in [6.45, 7) is 8.21. The molecule has 5 heteroatoms. The number of carbonyl (C=O) groups excluding carboxylic acids is 2. The molecular formula is C19H28N2O3. The normalized spacial score (nSPS) is 19.5. The van der Waals surface area contributed by atoms with Crippen molar-refractivity contribution in [2.75, 3.05) is 31.1 Å². The topological polar surface area (TPSA) is 49.9 Å². The van der Waals surface area contributed by atoms with Gasteiger partial charge in [0.2, 0.25) is 5.91 Å². The molecule has 0 saturated carbocycles. The maximum atomic E-state index is 12.9. The van der Waals surface area contributed by atoms with Gasteiger partial charge in [-0.1, -0.05) is 18.2 Å². The minimum Gasteiger partial charge on any atom is -0.466 e. The summed E-state index contributed by atoms with van der Waals surface area (Å²) in [4.78, 5) is 28.9. The van der Waals surface area contributed by atoms with Crippen LogP contribution in [-0.2, 0) is 14.3 Å². The highest BCUT2D eigenvalue weighted by molar-refractivity contribution is 5.96. The molecule has 0 spiro atoms. The molecule has 24 heavy (non-hydrogen) atoms. The Morgan fingerprint density at radius 1 is 1.29 bits per heavy atom. The number of amides is 1. The number of nitrogens with zero attached hydrogens (tertiary/aromatic N) is 2. The number of likely N-dealkylation sites (tertiary alicyclic amines) is 1. The molecule has 1 saturated heterocycles. The van der Waals surface area contributed by atoms with Crippen LogP contribution in [0.15, 0.2) is 30.3 Å². The molecule has 1 aromatic carbocycles. The number of hydrogen-bond donors (Lipinski definition) is 0. The summed E-state index contributed by atoms with van der Waals surface area (Å²) in [7, 11) is 0. The molecule has 1 fully saturated rings. The smallest absolute Gasteiger partial charge is 0.310 e. The summed E-state index contributed by atoms with van der Waals surface area (Å²) in [5, 5.41) is 0. The van der Waals surface area contributed by atoms with Gasteiger partial charge in [0.25, 0.3) is 0 Å². The van der Waals surface area contributed by atoms with Gasteiger partial charge in [0.1, 0.15) is 0 Å². The molecule has 0 aromatic heterocycles. The third-order valence-corrected chi connectivity index (χ3v) is 4.63. The van der Waals surface area contributed by atoms with E-state index in [0.717, 1.165) is 25.1 Å². The molecule has 1 heterocycles. The Kier molecular flexibility index (Phi) is 6.79. The lowest BCUT2D eigenvalue weighted by Gasteiger charge is -2.37. The van der Waals surface area contributed by atoms with E-state index in [4.69, 9.17) is 4.74 Å². The zero-order chi connectivity index (χ0) is 17.5. The molecule has 0 N–H and O–H groups in total. The molecule has 132 valence electrons. The van der Waals surface area contributed by atoms with Crippen LogP contribution in [0.4, 0.5) is 5.69 Å². The Hall–Kier alpha value is -1.88. The Balaban J connectivity index is 2.05. The quantitative estimate of drug-likeness (QED) is 0.752. The second kappa shape index (κ2) is 8.83. The fourth-order valence-corrected chi connectivity index (χ4v) is 3.27. The van der Waals surface area contributed by atoms with Crippen molar-refractivity contribution in [2.45, 2.75) is 39.7 Å². The van der Waals surface area contributed by atoms with E-state index in [2.05, 4.69) is 4.90 Å². The average molecular weight is 332 g/mol. The summed E-state index contributed by atoms with van der Waals surface area (Å²) in [6.07, 6.45) is 1.75. The lowest BCUT2D eigenvalue weighted by atomic mass is 9.96. The Labute approximate surface area is 144 Å². The SMILES string of the molecule is CCOC(=O)C1CCCN(C(C)C(=O)N(CC)c2ccccc2)C1. The Bertz CT molecular complexity index is 547. The molecule has 0 aliphatic carbocycles. The van der Waals surface area contributed by atoms with E-state index in [-0.39, 0.29) is 23.8 Å². The minimum absolute atomic E-state index is 0.0770. The van der Waals surface area contributed by atoms with E-state index in [1.54, 1.807) is 4.90 Å². The van der Waals surface area contributed by atoms with Crippen molar-refractivity contribution < 1.29 is 14.3 Å². The van der Waals surface area contributed by atoms with Crippen LogP contribution < -0.4 is 4.90 Å². The van der Waals surface area contributed by atoms with Crippen LogP contribution in [0, 0.1) is 5.92 Å². The molecule has 2 atom stereocenters. The highest BCUT2D eigenvalue weighted by Gasteiger charge is 2.33. The molecular weight excluding hydrogens is 304 g/mol. The maximum Gasteiger partial charge on any atom is 0.310 e. The molecule has 5 nitrogen and oxygen atoms in total. The van der Waals surface area contributed by atoms with E-state index >= 15 is 0 Å². The third-order valence-electron chi connectivity index (χ3n) is 4.63. The van der Waals surface area contributed by atoms with Gasteiger partial charge in [0.15, 0.2) is 0 Å². The first-order valence-electron chi connectivity index (χ1n) is 8.85. The number of rotatable bonds is 6. The average Bonchev–Trinajstić information content (AvgIpc) is 2.63. The first kappa shape index (κ1) is 18.5. The number of esters is 1. The predicted octanol–water partition coefficient (Wildman–Crippen LogP) is 2.70. The molecule has 2 rings (SSSR count). The number of carbonyl (C=O) groups is 2. The fraction of sp³-hybridized carbons (Fsp3) is 0.579. The molecule has 1 aliphatic heterocycles. The summed E-state index contributed by atoms with van der Waals surface area (Å²) < 4.78 is 5.15. The van der Waals surface area contributed by atoms with Crippen molar-refractivity contribution >= 4 is 17.6 Å². The van der Waals surface area contributed by atoms with E-state index in [1.165, 1.54) is 0 Å². The van der Waals surface area contributed by atoms with Crippen molar-refractivity contribution in [3.63, 3.8) is 0 Å². The number of hydrogen-bond acceptors (Lipinski definition) is 4. The van der Waals surface area contributed by atoms with Crippen molar-refractivity contribution in [2.24, 2.45) is 5.92 Å². The summed E-state index contributed by atoms with van der Waals surface area (Å²) in [5.41, 5.74) is 0.913. The van der Waals surface area contributed by atoms with Crippen LogP contribution in [0.5, 0.6) is 0 Å². The Morgan fingerprint density at radius 3 is 2.62 bits per heavy atom. The van der Waals surface area contributed by atoms with Gasteiger partial charge < -0.3 is 9.64 Å². The van der Waals surface area contributed by atoms with E-state index in [1.807, 2.05) is 51.1 Å². The Morgan fingerprint density at radius 2 is 2.00 bits per heavy atom. The third kappa shape index (κ3) is 4.35. The number of piperidine rings is 1. The van der Waals surface area contributed by atoms with E-state index < -0.39 is 0 Å². The lowest BCUT2D eigenvalue weighted by Crippen LogP contribution is -2.51. The second-order valence-corrected chi connectivity index (χ2v) is 6.18. The molecule has 0 radical (unpaired) electrons. The number of anilines is 1. The molecule has 1 amide bonds. The minimum atomic E-state index is -0.248. The van der Waals surface area contributed by atoms with Gasteiger partial charge in [0, 0.05) is 18.8 Å². The number of benzene rings is 1. The second-order valence-electron chi connectivity index (χ2n) is 6.18. The molecule has 1 aliphatic rings. The lowest BCUT2D eigenvalue weighted by molar-refractivity contribution is -0.150. The van der Waals surface area contributed by atoms with Gasteiger partial charge in [-0.25, -0.2) is 0 Å². The van der Waals surface area contributed by atoms with Crippen LogP contribution in [0.2, 0.25) is 0 Å².